The molecule has 0 spiro atoms. The van der Waals surface area contributed by atoms with Gasteiger partial charge >= 0.3 is 0 Å². The Bertz CT molecular complexity index is 790. The van der Waals surface area contributed by atoms with Crippen molar-refractivity contribution in [1.82, 2.24) is 4.57 Å². The molecular formula is C17H16N2S2. The summed E-state index contributed by atoms with van der Waals surface area (Å²) in [4.78, 5) is 7.03. The molecule has 3 rings (SSSR count). The van der Waals surface area contributed by atoms with Gasteiger partial charge in [0.05, 0.1) is 16.3 Å². The van der Waals surface area contributed by atoms with E-state index in [1.165, 1.54) is 16.1 Å². The Labute approximate surface area is 132 Å². The zero-order chi connectivity index (χ0) is 14.7. The molecule has 3 aromatic rings. The highest BCUT2D eigenvalue weighted by molar-refractivity contribution is 7.14. The van der Waals surface area contributed by atoms with Crippen LogP contribution in [-0.2, 0) is 6.54 Å². The van der Waals surface area contributed by atoms with E-state index in [0.717, 1.165) is 17.0 Å². The first-order valence-corrected chi connectivity index (χ1v) is 8.48. The molecule has 2 nitrogen and oxygen atoms in total. The minimum Gasteiger partial charge on any atom is -0.312 e. The van der Waals surface area contributed by atoms with E-state index in [-0.39, 0.29) is 0 Å². The third kappa shape index (κ3) is 3.06. The van der Waals surface area contributed by atoms with Gasteiger partial charge in [-0.1, -0.05) is 29.8 Å². The largest absolute Gasteiger partial charge is 0.312 e. The summed E-state index contributed by atoms with van der Waals surface area (Å²) < 4.78 is 2.21. The lowest BCUT2D eigenvalue weighted by atomic mass is 10.2. The molecule has 0 atom stereocenters. The Balaban J connectivity index is 2.10. The number of aryl methyl sites for hydroxylation is 1. The highest BCUT2D eigenvalue weighted by Crippen LogP contribution is 2.25. The number of allylic oxidation sites excluding steroid dienone is 1. The van der Waals surface area contributed by atoms with Crippen LogP contribution in [0, 0.1) is 6.92 Å². The molecule has 2 heterocycles. The SMILES string of the molecule is C=CCn1c(-c2cccs2)csc1=Nc1ccc(C)cc1. The summed E-state index contributed by atoms with van der Waals surface area (Å²) >= 11 is 3.42. The summed E-state index contributed by atoms with van der Waals surface area (Å²) in [5.41, 5.74) is 3.44. The lowest BCUT2D eigenvalue weighted by Gasteiger charge is -2.04. The molecule has 0 saturated carbocycles. The summed E-state index contributed by atoms with van der Waals surface area (Å²) in [5, 5.41) is 4.27. The third-order valence-electron chi connectivity index (χ3n) is 3.14. The van der Waals surface area contributed by atoms with E-state index < -0.39 is 0 Å². The minimum absolute atomic E-state index is 0.765. The van der Waals surface area contributed by atoms with Crippen molar-refractivity contribution in [3.05, 3.63) is 70.2 Å². The molecule has 0 radical (unpaired) electrons. The van der Waals surface area contributed by atoms with Crippen LogP contribution in [-0.4, -0.2) is 4.57 Å². The van der Waals surface area contributed by atoms with Crippen molar-refractivity contribution < 1.29 is 0 Å². The molecule has 0 N–H and O–H groups in total. The molecule has 0 aliphatic carbocycles. The van der Waals surface area contributed by atoms with E-state index >= 15 is 0 Å². The van der Waals surface area contributed by atoms with Crippen molar-refractivity contribution in [2.75, 3.05) is 0 Å². The van der Waals surface area contributed by atoms with Gasteiger partial charge in [0.25, 0.3) is 0 Å². The maximum Gasteiger partial charge on any atom is 0.190 e. The molecule has 0 fully saturated rings. The number of nitrogens with zero attached hydrogens (tertiary/aromatic N) is 2. The van der Waals surface area contributed by atoms with Crippen LogP contribution in [0.1, 0.15) is 5.56 Å². The van der Waals surface area contributed by atoms with Crippen LogP contribution >= 0.6 is 22.7 Å². The van der Waals surface area contributed by atoms with Crippen LogP contribution in [0.3, 0.4) is 0 Å². The molecule has 0 unspecified atom stereocenters. The van der Waals surface area contributed by atoms with E-state index in [2.05, 4.69) is 65.2 Å². The molecule has 2 aromatic heterocycles. The maximum absolute atomic E-state index is 4.77. The quantitative estimate of drug-likeness (QED) is 0.603. The predicted octanol–water partition coefficient (Wildman–Crippen LogP) is 5.00. The number of aromatic nitrogens is 1. The molecule has 0 amide bonds. The first-order chi connectivity index (χ1) is 10.3. The first kappa shape index (κ1) is 14.0. The fraction of sp³-hybridized carbons (Fsp3) is 0.118. The van der Waals surface area contributed by atoms with Crippen LogP contribution in [0.2, 0.25) is 0 Å². The van der Waals surface area contributed by atoms with Crippen LogP contribution in [0.15, 0.2) is 64.8 Å². The summed E-state index contributed by atoms with van der Waals surface area (Å²) in [6.07, 6.45) is 1.91. The molecule has 0 bridgehead atoms. The molecule has 21 heavy (non-hydrogen) atoms. The predicted molar refractivity (Wildman–Crippen MR) is 92.2 cm³/mol. The molecule has 106 valence electrons. The standard InChI is InChI=1S/C17H16N2S2/c1-3-10-19-15(16-5-4-11-20-16)12-21-17(19)18-14-8-6-13(2)7-9-14/h3-9,11-12H,1,10H2,2H3. The van der Waals surface area contributed by atoms with E-state index in [9.17, 15) is 0 Å². The second kappa shape index (κ2) is 6.24. The van der Waals surface area contributed by atoms with Gasteiger partial charge < -0.3 is 4.57 Å². The van der Waals surface area contributed by atoms with Crippen molar-refractivity contribution in [3.8, 4) is 10.6 Å². The summed E-state index contributed by atoms with van der Waals surface area (Å²) in [5.74, 6) is 0. The fourth-order valence-corrected chi connectivity index (χ4v) is 3.83. The Hall–Kier alpha value is -1.91. The van der Waals surface area contributed by atoms with Gasteiger partial charge in [0.1, 0.15) is 0 Å². The third-order valence-corrected chi connectivity index (χ3v) is 4.90. The fourth-order valence-electron chi connectivity index (χ4n) is 2.08. The number of thiophene rings is 1. The normalized spacial score (nSPS) is 11.8. The van der Waals surface area contributed by atoms with Crippen molar-refractivity contribution in [3.63, 3.8) is 0 Å². The van der Waals surface area contributed by atoms with Gasteiger partial charge in [-0.2, -0.15) is 0 Å². The Morgan fingerprint density at radius 1 is 1.19 bits per heavy atom. The second-order valence-electron chi connectivity index (χ2n) is 4.73. The van der Waals surface area contributed by atoms with Gasteiger partial charge in [0.15, 0.2) is 4.80 Å². The summed E-state index contributed by atoms with van der Waals surface area (Å²) in [6.45, 7) is 6.71. The van der Waals surface area contributed by atoms with E-state index in [4.69, 9.17) is 4.99 Å². The first-order valence-electron chi connectivity index (χ1n) is 6.72. The maximum atomic E-state index is 4.77. The van der Waals surface area contributed by atoms with Gasteiger partial charge in [-0.25, -0.2) is 4.99 Å². The molecular weight excluding hydrogens is 296 g/mol. The van der Waals surface area contributed by atoms with Crippen molar-refractivity contribution in [2.24, 2.45) is 4.99 Å². The minimum atomic E-state index is 0.765. The van der Waals surface area contributed by atoms with E-state index in [1.807, 2.05) is 6.08 Å². The topological polar surface area (TPSA) is 17.3 Å². The van der Waals surface area contributed by atoms with Crippen LogP contribution in [0.4, 0.5) is 5.69 Å². The zero-order valence-electron chi connectivity index (χ0n) is 11.8. The van der Waals surface area contributed by atoms with Gasteiger partial charge in [-0.15, -0.1) is 29.3 Å². The van der Waals surface area contributed by atoms with Gasteiger partial charge in [0, 0.05) is 11.9 Å². The monoisotopic (exact) mass is 312 g/mol. The Morgan fingerprint density at radius 2 is 2.00 bits per heavy atom. The number of rotatable bonds is 4. The van der Waals surface area contributed by atoms with Crippen LogP contribution < -0.4 is 4.80 Å². The average molecular weight is 312 g/mol. The lowest BCUT2D eigenvalue weighted by molar-refractivity contribution is 0.802. The van der Waals surface area contributed by atoms with Gasteiger partial charge in [0.2, 0.25) is 0 Å². The Kier molecular flexibility index (Phi) is 4.18. The smallest absolute Gasteiger partial charge is 0.190 e. The molecule has 0 aliphatic heterocycles. The van der Waals surface area contributed by atoms with Gasteiger partial charge in [-0.05, 0) is 30.5 Å². The van der Waals surface area contributed by atoms with Crippen molar-refractivity contribution >= 4 is 28.4 Å². The highest BCUT2D eigenvalue weighted by atomic mass is 32.1. The second-order valence-corrected chi connectivity index (χ2v) is 6.51. The highest BCUT2D eigenvalue weighted by Gasteiger charge is 2.07. The number of hydrogen-bond acceptors (Lipinski definition) is 3. The molecule has 1 aromatic carbocycles. The number of thiazole rings is 1. The molecule has 0 aliphatic rings. The van der Waals surface area contributed by atoms with Gasteiger partial charge in [-0.3, -0.25) is 0 Å². The van der Waals surface area contributed by atoms with E-state index in [0.29, 0.717) is 0 Å². The van der Waals surface area contributed by atoms with E-state index in [1.54, 1.807) is 22.7 Å². The molecule has 4 heteroatoms. The summed E-state index contributed by atoms with van der Waals surface area (Å²) in [7, 11) is 0. The van der Waals surface area contributed by atoms with Crippen molar-refractivity contribution in [1.29, 1.82) is 0 Å². The Morgan fingerprint density at radius 3 is 2.67 bits per heavy atom. The van der Waals surface area contributed by atoms with Crippen LogP contribution in [0.5, 0.6) is 0 Å². The van der Waals surface area contributed by atoms with Crippen LogP contribution in [0.25, 0.3) is 10.6 Å². The number of benzene rings is 1. The number of hydrogen-bond donors (Lipinski definition) is 0. The van der Waals surface area contributed by atoms with Crippen molar-refractivity contribution in [2.45, 2.75) is 13.5 Å². The zero-order valence-corrected chi connectivity index (χ0v) is 13.5. The molecule has 0 saturated heterocycles. The summed E-state index contributed by atoms with van der Waals surface area (Å²) in [6, 6.07) is 12.5. The lowest BCUT2D eigenvalue weighted by Crippen LogP contribution is -2.14. The average Bonchev–Trinajstić information content (AvgIpc) is 3.12.